The van der Waals surface area contributed by atoms with Gasteiger partial charge in [0, 0.05) is 30.1 Å². The number of aliphatic hydroxyl groups is 1. The van der Waals surface area contributed by atoms with Gasteiger partial charge in [-0.2, -0.15) is 5.10 Å². The van der Waals surface area contributed by atoms with E-state index in [0.717, 1.165) is 48.9 Å². The first-order valence-corrected chi connectivity index (χ1v) is 8.72. The molecule has 126 valence electrons. The van der Waals surface area contributed by atoms with Gasteiger partial charge in [-0.3, -0.25) is 0 Å². The van der Waals surface area contributed by atoms with Gasteiger partial charge in [-0.1, -0.05) is 18.0 Å². The van der Waals surface area contributed by atoms with Crippen LogP contribution < -0.4 is 0 Å². The number of hydrogen-bond acceptors (Lipinski definition) is 4. The number of rotatable bonds is 5. The first kappa shape index (κ1) is 16.7. The number of halogens is 1. The molecule has 3 rings (SSSR count). The van der Waals surface area contributed by atoms with Crippen LogP contribution in [0.25, 0.3) is 11.0 Å². The molecule has 1 N–H and O–H groups in total. The maximum atomic E-state index is 9.98. The predicted molar refractivity (Wildman–Crippen MR) is 92.6 cm³/mol. The van der Waals surface area contributed by atoms with Gasteiger partial charge in [0.25, 0.3) is 0 Å². The topological polar surface area (TPSA) is 54.2 Å². The molecule has 2 unspecified atom stereocenters. The Labute approximate surface area is 142 Å². The Bertz CT molecular complexity index is 685. The second kappa shape index (κ2) is 6.75. The maximum Gasteiger partial charge on any atom is 0.159 e. The van der Waals surface area contributed by atoms with E-state index in [1.54, 1.807) is 0 Å². The van der Waals surface area contributed by atoms with Gasteiger partial charge in [0.15, 0.2) is 5.65 Å². The SMILES string of the molecule is CC(C)n1ncc2cc(CN(C)CC3CCCC3O)c(Cl)nc21. The Balaban J connectivity index is 1.76. The molecule has 1 aliphatic rings. The van der Waals surface area contributed by atoms with Gasteiger partial charge in [-0.05, 0) is 45.7 Å². The molecule has 0 aromatic carbocycles. The highest BCUT2D eigenvalue weighted by Gasteiger charge is 2.26. The highest BCUT2D eigenvalue weighted by molar-refractivity contribution is 6.30. The molecule has 0 saturated heterocycles. The number of hydrogen-bond donors (Lipinski definition) is 1. The lowest BCUT2D eigenvalue weighted by molar-refractivity contribution is 0.108. The van der Waals surface area contributed by atoms with Crippen molar-refractivity contribution in [3.63, 3.8) is 0 Å². The quantitative estimate of drug-likeness (QED) is 0.851. The van der Waals surface area contributed by atoms with E-state index in [1.165, 1.54) is 0 Å². The van der Waals surface area contributed by atoms with Crippen LogP contribution in [-0.4, -0.2) is 44.5 Å². The molecule has 0 amide bonds. The van der Waals surface area contributed by atoms with Gasteiger partial charge in [-0.25, -0.2) is 9.67 Å². The lowest BCUT2D eigenvalue weighted by Gasteiger charge is -2.23. The summed E-state index contributed by atoms with van der Waals surface area (Å²) in [6.07, 6.45) is 4.86. The monoisotopic (exact) mass is 336 g/mol. The fourth-order valence-corrected chi connectivity index (χ4v) is 3.67. The van der Waals surface area contributed by atoms with E-state index >= 15 is 0 Å². The highest BCUT2D eigenvalue weighted by atomic mass is 35.5. The van der Waals surface area contributed by atoms with Crippen LogP contribution in [-0.2, 0) is 6.54 Å². The predicted octanol–water partition coefficient (Wildman–Crippen LogP) is 3.26. The summed E-state index contributed by atoms with van der Waals surface area (Å²) in [5, 5.41) is 15.9. The summed E-state index contributed by atoms with van der Waals surface area (Å²) in [4.78, 5) is 6.77. The molecule has 1 saturated carbocycles. The Kier molecular flexibility index (Phi) is 4.90. The van der Waals surface area contributed by atoms with Gasteiger partial charge in [0.2, 0.25) is 0 Å². The molecule has 1 fully saturated rings. The fourth-order valence-electron chi connectivity index (χ4n) is 3.47. The smallest absolute Gasteiger partial charge is 0.159 e. The second-order valence-corrected chi connectivity index (χ2v) is 7.35. The molecule has 2 aromatic heterocycles. The third-order valence-electron chi connectivity index (χ3n) is 4.69. The first-order chi connectivity index (χ1) is 11.0. The Morgan fingerprint density at radius 1 is 1.43 bits per heavy atom. The molecule has 2 aromatic rings. The number of fused-ring (bicyclic) bond motifs is 1. The van der Waals surface area contributed by atoms with Gasteiger partial charge in [-0.15, -0.1) is 0 Å². The van der Waals surface area contributed by atoms with Gasteiger partial charge >= 0.3 is 0 Å². The van der Waals surface area contributed by atoms with Crippen molar-refractivity contribution in [2.24, 2.45) is 5.92 Å². The third kappa shape index (κ3) is 3.52. The van der Waals surface area contributed by atoms with Crippen molar-refractivity contribution in [1.82, 2.24) is 19.7 Å². The Morgan fingerprint density at radius 3 is 2.87 bits per heavy atom. The van der Waals surface area contributed by atoms with Crippen molar-refractivity contribution in [3.05, 3.63) is 23.0 Å². The molecule has 2 heterocycles. The Hall–Kier alpha value is -1.17. The van der Waals surface area contributed by atoms with Crippen molar-refractivity contribution in [1.29, 1.82) is 0 Å². The summed E-state index contributed by atoms with van der Waals surface area (Å²) in [6, 6.07) is 2.34. The molecule has 5 nitrogen and oxygen atoms in total. The fraction of sp³-hybridized carbons (Fsp3) is 0.647. The molecule has 23 heavy (non-hydrogen) atoms. The lowest BCUT2D eigenvalue weighted by atomic mass is 10.1. The zero-order valence-electron chi connectivity index (χ0n) is 14.0. The van der Waals surface area contributed by atoms with Crippen LogP contribution in [0, 0.1) is 5.92 Å². The maximum absolute atomic E-state index is 9.98. The minimum atomic E-state index is -0.155. The van der Waals surface area contributed by atoms with Gasteiger partial charge in [0.05, 0.1) is 12.3 Å². The minimum Gasteiger partial charge on any atom is -0.393 e. The van der Waals surface area contributed by atoms with E-state index in [0.29, 0.717) is 11.1 Å². The average Bonchev–Trinajstić information content (AvgIpc) is 3.06. The summed E-state index contributed by atoms with van der Waals surface area (Å²) in [6.45, 7) is 5.78. The van der Waals surface area contributed by atoms with E-state index < -0.39 is 0 Å². The lowest BCUT2D eigenvalue weighted by Crippen LogP contribution is -2.29. The molecule has 0 radical (unpaired) electrons. The Morgan fingerprint density at radius 2 is 2.22 bits per heavy atom. The van der Waals surface area contributed by atoms with Crippen LogP contribution in [0.2, 0.25) is 5.15 Å². The number of pyridine rings is 1. The number of aliphatic hydroxyl groups excluding tert-OH is 1. The molecule has 1 aliphatic carbocycles. The second-order valence-electron chi connectivity index (χ2n) is 6.99. The zero-order valence-corrected chi connectivity index (χ0v) is 14.8. The van der Waals surface area contributed by atoms with Crippen molar-refractivity contribution in [2.45, 2.75) is 51.8 Å². The molecule has 0 spiro atoms. The third-order valence-corrected chi connectivity index (χ3v) is 5.02. The molecular weight excluding hydrogens is 312 g/mol. The highest BCUT2D eigenvalue weighted by Crippen LogP contribution is 2.27. The van der Waals surface area contributed by atoms with Crippen LogP contribution in [0.1, 0.15) is 44.7 Å². The minimum absolute atomic E-state index is 0.155. The van der Waals surface area contributed by atoms with Crippen LogP contribution >= 0.6 is 11.6 Å². The van der Waals surface area contributed by atoms with E-state index in [9.17, 15) is 5.11 Å². The molecule has 0 aliphatic heterocycles. The molecule has 0 bridgehead atoms. The first-order valence-electron chi connectivity index (χ1n) is 8.35. The van der Waals surface area contributed by atoms with E-state index in [4.69, 9.17) is 11.6 Å². The van der Waals surface area contributed by atoms with Crippen LogP contribution in [0.5, 0.6) is 0 Å². The molecule has 2 atom stereocenters. The van der Waals surface area contributed by atoms with Crippen molar-refractivity contribution in [2.75, 3.05) is 13.6 Å². The van der Waals surface area contributed by atoms with E-state index in [2.05, 4.69) is 41.9 Å². The van der Waals surface area contributed by atoms with E-state index in [1.807, 2.05) is 10.9 Å². The summed E-state index contributed by atoms with van der Waals surface area (Å²) in [5.41, 5.74) is 1.85. The average molecular weight is 337 g/mol. The van der Waals surface area contributed by atoms with Crippen LogP contribution in [0.3, 0.4) is 0 Å². The van der Waals surface area contributed by atoms with E-state index in [-0.39, 0.29) is 12.1 Å². The molecule has 6 heteroatoms. The van der Waals surface area contributed by atoms with Crippen LogP contribution in [0.15, 0.2) is 12.3 Å². The van der Waals surface area contributed by atoms with Crippen LogP contribution in [0.4, 0.5) is 0 Å². The number of nitrogens with zero attached hydrogens (tertiary/aromatic N) is 4. The summed E-state index contributed by atoms with van der Waals surface area (Å²) >= 11 is 6.40. The summed E-state index contributed by atoms with van der Waals surface area (Å²) in [5.74, 6) is 0.374. The standard InChI is InChI=1S/C17H25ClN4O/c1-11(2)22-17-13(8-19-22)7-14(16(18)20-17)10-21(3)9-12-5-4-6-15(12)23/h7-8,11-12,15,23H,4-6,9-10H2,1-3H3. The molecular formula is C17H25ClN4O. The van der Waals surface area contributed by atoms with Gasteiger partial charge in [0.1, 0.15) is 5.15 Å². The van der Waals surface area contributed by atoms with Gasteiger partial charge < -0.3 is 10.0 Å². The summed E-state index contributed by atoms with van der Waals surface area (Å²) < 4.78 is 1.89. The number of aromatic nitrogens is 3. The van der Waals surface area contributed by atoms with Crippen molar-refractivity contribution in [3.8, 4) is 0 Å². The summed E-state index contributed by atoms with van der Waals surface area (Å²) in [7, 11) is 2.07. The normalized spacial score (nSPS) is 21.9. The van der Waals surface area contributed by atoms with Crippen molar-refractivity contribution >= 4 is 22.6 Å². The largest absolute Gasteiger partial charge is 0.393 e. The van der Waals surface area contributed by atoms with Crippen molar-refractivity contribution < 1.29 is 5.11 Å². The zero-order chi connectivity index (χ0) is 16.6.